The number of aryl methyl sites for hydroxylation is 2. The summed E-state index contributed by atoms with van der Waals surface area (Å²) in [7, 11) is 0. The molecule has 0 aliphatic carbocycles. The van der Waals surface area contributed by atoms with Gasteiger partial charge in [-0.05, 0) is 43.2 Å². The lowest BCUT2D eigenvalue weighted by molar-refractivity contribution is 0.151. The maximum absolute atomic E-state index is 14.1. The van der Waals surface area contributed by atoms with Gasteiger partial charge in [0.15, 0.2) is 17.3 Å². The SMILES string of the molecule is [C-]#[N+]c1cc(Oc2c(C)ccc(C)c2F)cc(C(F)F)c1. The van der Waals surface area contributed by atoms with Crippen molar-refractivity contribution < 1.29 is 17.9 Å². The molecule has 0 radical (unpaired) electrons. The van der Waals surface area contributed by atoms with E-state index < -0.39 is 12.2 Å². The summed E-state index contributed by atoms with van der Waals surface area (Å²) < 4.78 is 45.0. The average Bonchev–Trinajstić information content (AvgIpc) is 2.47. The molecule has 0 heterocycles. The van der Waals surface area contributed by atoms with Gasteiger partial charge >= 0.3 is 0 Å². The first-order valence-electron chi connectivity index (χ1n) is 6.16. The molecule has 108 valence electrons. The van der Waals surface area contributed by atoms with Crippen LogP contribution in [0.1, 0.15) is 23.1 Å². The number of hydrogen-bond donors (Lipinski definition) is 0. The minimum atomic E-state index is -2.72. The molecule has 0 atom stereocenters. The van der Waals surface area contributed by atoms with Crippen LogP contribution in [0, 0.1) is 26.2 Å². The van der Waals surface area contributed by atoms with Gasteiger partial charge in [0.2, 0.25) is 0 Å². The Kier molecular flexibility index (Phi) is 4.18. The molecule has 21 heavy (non-hydrogen) atoms. The third-order valence-electron chi connectivity index (χ3n) is 3.00. The third-order valence-corrected chi connectivity index (χ3v) is 3.00. The first-order valence-corrected chi connectivity index (χ1v) is 6.16. The molecule has 0 spiro atoms. The van der Waals surface area contributed by atoms with E-state index >= 15 is 0 Å². The van der Waals surface area contributed by atoms with Crippen molar-refractivity contribution in [3.05, 3.63) is 64.3 Å². The largest absolute Gasteiger partial charge is 0.455 e. The standard InChI is InChI=1S/C16H12F3NO/c1-9-4-5-10(2)15(14(9)17)21-13-7-11(16(18)19)6-12(8-13)20-3/h4-8,16H,1-2H3. The van der Waals surface area contributed by atoms with Crippen molar-refractivity contribution in [1.82, 2.24) is 0 Å². The van der Waals surface area contributed by atoms with Gasteiger partial charge in [-0.2, -0.15) is 0 Å². The van der Waals surface area contributed by atoms with Crippen molar-refractivity contribution in [3.63, 3.8) is 0 Å². The number of halogens is 3. The van der Waals surface area contributed by atoms with Gasteiger partial charge < -0.3 is 4.74 Å². The van der Waals surface area contributed by atoms with Gasteiger partial charge in [-0.25, -0.2) is 18.0 Å². The highest BCUT2D eigenvalue weighted by atomic mass is 19.3. The molecule has 0 amide bonds. The summed E-state index contributed by atoms with van der Waals surface area (Å²) >= 11 is 0. The molecule has 2 aromatic rings. The van der Waals surface area contributed by atoms with Crippen molar-refractivity contribution in [2.75, 3.05) is 0 Å². The van der Waals surface area contributed by atoms with E-state index in [9.17, 15) is 13.2 Å². The molecular formula is C16H12F3NO. The Hall–Kier alpha value is -2.48. The van der Waals surface area contributed by atoms with Crippen LogP contribution in [0.3, 0.4) is 0 Å². The zero-order chi connectivity index (χ0) is 15.6. The highest BCUT2D eigenvalue weighted by Gasteiger charge is 2.14. The predicted octanol–water partition coefficient (Wildman–Crippen LogP) is 5.72. The summed E-state index contributed by atoms with van der Waals surface area (Å²) in [5.41, 5.74) is 0.633. The molecule has 0 aromatic heterocycles. The van der Waals surface area contributed by atoms with Crippen LogP contribution in [0.25, 0.3) is 4.85 Å². The quantitative estimate of drug-likeness (QED) is 0.659. The molecule has 0 N–H and O–H groups in total. The number of benzene rings is 2. The Balaban J connectivity index is 2.47. The highest BCUT2D eigenvalue weighted by molar-refractivity contribution is 5.54. The van der Waals surface area contributed by atoms with E-state index in [1.807, 2.05) is 0 Å². The van der Waals surface area contributed by atoms with E-state index in [1.165, 1.54) is 6.07 Å². The van der Waals surface area contributed by atoms with E-state index in [0.29, 0.717) is 11.1 Å². The molecule has 0 aliphatic rings. The third kappa shape index (κ3) is 3.16. The summed E-state index contributed by atoms with van der Waals surface area (Å²) in [5, 5.41) is 0. The molecule has 5 heteroatoms. The molecular weight excluding hydrogens is 279 g/mol. The van der Waals surface area contributed by atoms with Crippen LogP contribution in [0.5, 0.6) is 11.5 Å². The summed E-state index contributed by atoms with van der Waals surface area (Å²) in [6.45, 7) is 10.2. The lowest BCUT2D eigenvalue weighted by atomic mass is 10.1. The second-order valence-electron chi connectivity index (χ2n) is 4.62. The van der Waals surface area contributed by atoms with E-state index in [0.717, 1.165) is 12.1 Å². The van der Waals surface area contributed by atoms with Crippen LogP contribution in [-0.4, -0.2) is 0 Å². The van der Waals surface area contributed by atoms with Gasteiger partial charge in [0.1, 0.15) is 5.75 Å². The highest BCUT2D eigenvalue weighted by Crippen LogP contribution is 2.34. The summed E-state index contributed by atoms with van der Waals surface area (Å²) in [6, 6.07) is 6.79. The monoisotopic (exact) mass is 291 g/mol. The number of ether oxygens (including phenoxy) is 1. The topological polar surface area (TPSA) is 13.6 Å². The van der Waals surface area contributed by atoms with Crippen LogP contribution < -0.4 is 4.74 Å². The second-order valence-corrected chi connectivity index (χ2v) is 4.62. The molecule has 0 saturated heterocycles. The predicted molar refractivity (Wildman–Crippen MR) is 73.6 cm³/mol. The summed E-state index contributed by atoms with van der Waals surface area (Å²) in [4.78, 5) is 3.12. The normalized spacial score (nSPS) is 10.5. The Morgan fingerprint density at radius 1 is 1.10 bits per heavy atom. The minimum absolute atomic E-state index is 0.0163. The van der Waals surface area contributed by atoms with Gasteiger partial charge in [-0.3, -0.25) is 0 Å². The molecule has 0 aliphatic heterocycles. The molecule has 2 aromatic carbocycles. The van der Waals surface area contributed by atoms with Crippen molar-refractivity contribution >= 4 is 5.69 Å². The number of alkyl halides is 2. The fraction of sp³-hybridized carbons (Fsp3) is 0.188. The molecule has 2 nitrogen and oxygen atoms in total. The van der Waals surface area contributed by atoms with Gasteiger partial charge in [-0.15, -0.1) is 0 Å². The Morgan fingerprint density at radius 2 is 1.76 bits per heavy atom. The van der Waals surface area contributed by atoms with Gasteiger partial charge in [0.25, 0.3) is 6.43 Å². The fourth-order valence-corrected chi connectivity index (χ4v) is 1.85. The first-order chi connectivity index (χ1) is 9.92. The van der Waals surface area contributed by atoms with Crippen LogP contribution in [0.2, 0.25) is 0 Å². The second kappa shape index (κ2) is 5.88. The van der Waals surface area contributed by atoms with E-state index in [1.54, 1.807) is 26.0 Å². The van der Waals surface area contributed by atoms with Gasteiger partial charge in [-0.1, -0.05) is 12.1 Å². The smallest absolute Gasteiger partial charge is 0.262 e. The van der Waals surface area contributed by atoms with Crippen molar-refractivity contribution in [2.24, 2.45) is 0 Å². The van der Waals surface area contributed by atoms with Gasteiger partial charge in [0.05, 0.1) is 6.57 Å². The molecule has 0 bridgehead atoms. The summed E-state index contributed by atoms with van der Waals surface area (Å²) in [5.74, 6) is -0.537. The van der Waals surface area contributed by atoms with Gasteiger partial charge in [0, 0.05) is 5.56 Å². The van der Waals surface area contributed by atoms with Crippen LogP contribution >= 0.6 is 0 Å². The minimum Gasteiger partial charge on any atom is -0.455 e. The maximum atomic E-state index is 14.1. The Labute approximate surface area is 120 Å². The van der Waals surface area contributed by atoms with Crippen molar-refractivity contribution in [2.45, 2.75) is 20.3 Å². The first kappa shape index (κ1) is 14.9. The number of nitrogens with zero attached hydrogens (tertiary/aromatic N) is 1. The Bertz CT molecular complexity index is 720. The number of rotatable bonds is 3. The Morgan fingerprint density at radius 3 is 2.38 bits per heavy atom. The fourth-order valence-electron chi connectivity index (χ4n) is 1.85. The van der Waals surface area contributed by atoms with E-state index in [2.05, 4.69) is 4.85 Å². The summed E-state index contributed by atoms with van der Waals surface area (Å²) in [6.07, 6.45) is -2.72. The maximum Gasteiger partial charge on any atom is 0.262 e. The lowest BCUT2D eigenvalue weighted by Crippen LogP contribution is -1.95. The van der Waals surface area contributed by atoms with E-state index in [4.69, 9.17) is 11.3 Å². The molecule has 0 saturated carbocycles. The molecule has 0 unspecified atom stereocenters. The van der Waals surface area contributed by atoms with E-state index in [-0.39, 0.29) is 22.7 Å². The average molecular weight is 291 g/mol. The molecule has 0 fully saturated rings. The zero-order valence-corrected chi connectivity index (χ0v) is 11.5. The van der Waals surface area contributed by atoms with Crippen molar-refractivity contribution in [3.8, 4) is 11.5 Å². The van der Waals surface area contributed by atoms with Crippen LogP contribution in [-0.2, 0) is 0 Å². The van der Waals surface area contributed by atoms with Crippen molar-refractivity contribution in [1.29, 1.82) is 0 Å². The van der Waals surface area contributed by atoms with Crippen LogP contribution in [0.4, 0.5) is 18.9 Å². The molecule has 2 rings (SSSR count). The lowest BCUT2D eigenvalue weighted by Gasteiger charge is -2.13. The zero-order valence-electron chi connectivity index (χ0n) is 11.5. The van der Waals surface area contributed by atoms with Crippen LogP contribution in [0.15, 0.2) is 30.3 Å². The number of hydrogen-bond acceptors (Lipinski definition) is 1.